The molecule has 0 spiro atoms. The number of nitrogens with zero attached hydrogens (tertiary/aromatic N) is 2. The standard InChI is InChI=1S/C25H36N2OS/c1-24(2)10-11-25(3,4)21-16-19(6-7-20(21)24)22-17-29-23(26-22)18-8-12-27(13-9-18)14-15-28-5/h6-7,16-18H,8-15H2,1-5H3. The van der Waals surface area contributed by atoms with E-state index in [4.69, 9.17) is 9.72 Å². The summed E-state index contributed by atoms with van der Waals surface area (Å²) >= 11 is 1.85. The van der Waals surface area contributed by atoms with Crippen LogP contribution in [-0.2, 0) is 15.6 Å². The van der Waals surface area contributed by atoms with Crippen LogP contribution < -0.4 is 0 Å². The van der Waals surface area contributed by atoms with Gasteiger partial charge in [-0.05, 0) is 66.8 Å². The van der Waals surface area contributed by atoms with Gasteiger partial charge in [0.15, 0.2) is 0 Å². The molecule has 29 heavy (non-hydrogen) atoms. The van der Waals surface area contributed by atoms with Crippen molar-refractivity contribution in [1.29, 1.82) is 0 Å². The summed E-state index contributed by atoms with van der Waals surface area (Å²) in [4.78, 5) is 7.62. The summed E-state index contributed by atoms with van der Waals surface area (Å²) in [5.41, 5.74) is 6.01. The van der Waals surface area contributed by atoms with Crippen LogP contribution in [-0.4, -0.2) is 43.2 Å². The molecule has 1 saturated heterocycles. The van der Waals surface area contributed by atoms with Gasteiger partial charge in [-0.3, -0.25) is 0 Å². The summed E-state index contributed by atoms with van der Waals surface area (Å²) in [5, 5.41) is 3.60. The Morgan fingerprint density at radius 1 is 1.07 bits per heavy atom. The van der Waals surface area contributed by atoms with Crippen molar-refractivity contribution in [2.75, 3.05) is 33.4 Å². The second kappa shape index (κ2) is 8.13. The monoisotopic (exact) mass is 412 g/mol. The van der Waals surface area contributed by atoms with E-state index in [9.17, 15) is 0 Å². The third-order valence-electron chi connectivity index (χ3n) is 7.22. The molecule has 0 radical (unpaired) electrons. The summed E-state index contributed by atoms with van der Waals surface area (Å²) in [5.74, 6) is 0.612. The van der Waals surface area contributed by atoms with Crippen molar-refractivity contribution in [3.05, 3.63) is 39.7 Å². The number of hydrogen-bond acceptors (Lipinski definition) is 4. The summed E-state index contributed by atoms with van der Waals surface area (Å²) in [6.45, 7) is 13.8. The maximum absolute atomic E-state index is 5.22. The first-order valence-corrected chi connectivity index (χ1v) is 12.0. The quantitative estimate of drug-likeness (QED) is 0.603. The first-order chi connectivity index (χ1) is 13.8. The zero-order valence-electron chi connectivity index (χ0n) is 18.8. The Kier molecular flexibility index (Phi) is 5.89. The van der Waals surface area contributed by atoms with Crippen LogP contribution in [0.15, 0.2) is 23.6 Å². The predicted octanol–water partition coefficient (Wildman–Crippen LogP) is 5.98. The molecule has 1 aromatic heterocycles. The van der Waals surface area contributed by atoms with Gasteiger partial charge in [-0.2, -0.15) is 0 Å². The normalized spacial score (nSPS) is 21.8. The third kappa shape index (κ3) is 4.30. The van der Waals surface area contributed by atoms with Gasteiger partial charge in [0.1, 0.15) is 0 Å². The molecule has 0 unspecified atom stereocenters. The fourth-order valence-corrected chi connectivity index (χ4v) is 5.98. The SMILES string of the molecule is COCCN1CCC(c2nc(-c3ccc4c(c3)C(C)(C)CCC4(C)C)cs2)CC1. The van der Waals surface area contributed by atoms with Crippen molar-refractivity contribution in [3.8, 4) is 11.3 Å². The maximum atomic E-state index is 5.22. The van der Waals surface area contributed by atoms with Crippen LogP contribution in [0.4, 0.5) is 0 Å². The molecular weight excluding hydrogens is 376 g/mol. The topological polar surface area (TPSA) is 25.4 Å². The smallest absolute Gasteiger partial charge is 0.0964 e. The highest BCUT2D eigenvalue weighted by atomic mass is 32.1. The van der Waals surface area contributed by atoms with Crippen LogP contribution in [0, 0.1) is 0 Å². The summed E-state index contributed by atoms with van der Waals surface area (Å²) in [7, 11) is 1.78. The molecule has 1 fully saturated rings. The molecule has 4 rings (SSSR count). The molecule has 0 N–H and O–H groups in total. The number of thiazole rings is 1. The lowest BCUT2D eigenvalue weighted by molar-refractivity contribution is 0.130. The van der Waals surface area contributed by atoms with Crippen molar-refractivity contribution >= 4 is 11.3 Å². The van der Waals surface area contributed by atoms with Crippen LogP contribution in [0.5, 0.6) is 0 Å². The molecule has 2 heterocycles. The number of likely N-dealkylation sites (tertiary alicyclic amines) is 1. The van der Waals surface area contributed by atoms with Crippen molar-refractivity contribution in [2.45, 2.75) is 70.1 Å². The van der Waals surface area contributed by atoms with E-state index in [0.29, 0.717) is 5.92 Å². The van der Waals surface area contributed by atoms with Crippen LogP contribution >= 0.6 is 11.3 Å². The lowest BCUT2D eigenvalue weighted by atomic mass is 9.63. The van der Waals surface area contributed by atoms with Gasteiger partial charge in [-0.25, -0.2) is 4.98 Å². The second-order valence-electron chi connectivity index (χ2n) is 10.2. The molecule has 1 aliphatic carbocycles. The minimum Gasteiger partial charge on any atom is -0.383 e. The molecule has 0 bridgehead atoms. The Bertz CT molecular complexity index is 846. The highest BCUT2D eigenvalue weighted by molar-refractivity contribution is 7.10. The van der Waals surface area contributed by atoms with E-state index in [1.165, 1.54) is 47.4 Å². The van der Waals surface area contributed by atoms with E-state index in [0.717, 1.165) is 31.9 Å². The number of rotatable bonds is 5. The highest BCUT2D eigenvalue weighted by Crippen LogP contribution is 2.47. The van der Waals surface area contributed by atoms with Crippen LogP contribution in [0.25, 0.3) is 11.3 Å². The molecule has 2 aromatic rings. The van der Waals surface area contributed by atoms with Gasteiger partial charge in [0.2, 0.25) is 0 Å². The van der Waals surface area contributed by atoms with Gasteiger partial charge in [0.05, 0.1) is 17.3 Å². The van der Waals surface area contributed by atoms with Gasteiger partial charge in [0, 0.05) is 30.5 Å². The van der Waals surface area contributed by atoms with Gasteiger partial charge < -0.3 is 9.64 Å². The van der Waals surface area contributed by atoms with E-state index in [2.05, 4.69) is 56.2 Å². The number of aromatic nitrogens is 1. The first-order valence-electron chi connectivity index (χ1n) is 11.1. The Labute approximate surface area is 180 Å². The molecule has 158 valence electrons. The van der Waals surface area contributed by atoms with Crippen molar-refractivity contribution in [2.24, 2.45) is 0 Å². The zero-order chi connectivity index (χ0) is 20.6. The minimum atomic E-state index is 0.245. The largest absolute Gasteiger partial charge is 0.383 e. The number of fused-ring (bicyclic) bond motifs is 1. The summed E-state index contributed by atoms with van der Waals surface area (Å²) in [6, 6.07) is 7.11. The van der Waals surface area contributed by atoms with Crippen molar-refractivity contribution < 1.29 is 4.74 Å². The van der Waals surface area contributed by atoms with E-state index < -0.39 is 0 Å². The number of methoxy groups -OCH3 is 1. The molecular formula is C25H36N2OS. The number of hydrogen-bond donors (Lipinski definition) is 0. The Morgan fingerprint density at radius 2 is 1.76 bits per heavy atom. The average Bonchev–Trinajstić information content (AvgIpc) is 3.20. The van der Waals surface area contributed by atoms with E-state index in [1.807, 2.05) is 11.3 Å². The van der Waals surface area contributed by atoms with E-state index >= 15 is 0 Å². The summed E-state index contributed by atoms with van der Waals surface area (Å²) < 4.78 is 5.22. The van der Waals surface area contributed by atoms with Crippen LogP contribution in [0.3, 0.4) is 0 Å². The molecule has 2 aliphatic rings. The molecule has 3 nitrogen and oxygen atoms in total. The maximum Gasteiger partial charge on any atom is 0.0964 e. The van der Waals surface area contributed by atoms with Crippen molar-refractivity contribution in [3.63, 3.8) is 0 Å². The van der Waals surface area contributed by atoms with E-state index in [1.54, 1.807) is 7.11 Å². The number of piperidine rings is 1. The minimum absolute atomic E-state index is 0.245. The Hall–Kier alpha value is -1.23. The highest BCUT2D eigenvalue weighted by Gasteiger charge is 2.37. The fraction of sp³-hybridized carbons (Fsp3) is 0.640. The average molecular weight is 413 g/mol. The van der Waals surface area contributed by atoms with Gasteiger partial charge in [0.25, 0.3) is 0 Å². The lowest BCUT2D eigenvalue weighted by Crippen LogP contribution is -2.35. The molecule has 0 atom stereocenters. The van der Waals surface area contributed by atoms with Gasteiger partial charge >= 0.3 is 0 Å². The predicted molar refractivity (Wildman–Crippen MR) is 123 cm³/mol. The Balaban J connectivity index is 1.52. The second-order valence-corrected chi connectivity index (χ2v) is 11.1. The number of ether oxygens (including phenoxy) is 1. The molecule has 1 aromatic carbocycles. The first kappa shape index (κ1) is 21.0. The van der Waals surface area contributed by atoms with Crippen LogP contribution in [0.2, 0.25) is 0 Å². The molecule has 0 amide bonds. The molecule has 1 aliphatic heterocycles. The zero-order valence-corrected chi connectivity index (χ0v) is 19.6. The lowest BCUT2D eigenvalue weighted by Gasteiger charge is -2.42. The molecule has 0 saturated carbocycles. The fourth-order valence-electron chi connectivity index (χ4n) is 4.98. The molecule has 4 heteroatoms. The summed E-state index contributed by atoms with van der Waals surface area (Å²) in [6.07, 6.45) is 4.93. The number of benzene rings is 1. The van der Waals surface area contributed by atoms with Crippen LogP contribution in [0.1, 0.15) is 75.4 Å². The van der Waals surface area contributed by atoms with Gasteiger partial charge in [-0.15, -0.1) is 11.3 Å². The Morgan fingerprint density at radius 3 is 2.45 bits per heavy atom. The third-order valence-corrected chi connectivity index (χ3v) is 8.23. The van der Waals surface area contributed by atoms with Crippen molar-refractivity contribution in [1.82, 2.24) is 9.88 Å². The van der Waals surface area contributed by atoms with E-state index in [-0.39, 0.29) is 10.8 Å². The van der Waals surface area contributed by atoms with Gasteiger partial charge in [-0.1, -0.05) is 39.8 Å².